The molecule has 1 N–H and O–H groups in total. The van der Waals surface area contributed by atoms with E-state index in [1.807, 2.05) is 0 Å². The summed E-state index contributed by atoms with van der Waals surface area (Å²) in [5.74, 6) is 3.87. The molecule has 0 aromatic heterocycles. The van der Waals surface area contributed by atoms with E-state index in [1.54, 1.807) is 0 Å². The highest BCUT2D eigenvalue weighted by Crippen LogP contribution is 2.68. The Morgan fingerprint density at radius 1 is 1.09 bits per heavy atom. The first-order valence-electron chi connectivity index (χ1n) is 9.75. The first-order valence-corrected chi connectivity index (χ1v) is 9.75. The lowest BCUT2D eigenvalue weighted by Gasteiger charge is -2.60. The van der Waals surface area contributed by atoms with E-state index in [0.717, 1.165) is 37.5 Å². The topological polar surface area (TPSA) is 37.3 Å². The predicted molar refractivity (Wildman–Crippen MR) is 92.0 cm³/mol. The second kappa shape index (κ2) is 5.10. The molecule has 0 aromatic rings. The molecule has 4 saturated carbocycles. The first kappa shape index (κ1) is 15.7. The Labute approximate surface area is 140 Å². The van der Waals surface area contributed by atoms with Crippen LogP contribution in [-0.4, -0.2) is 10.9 Å². The molecule has 23 heavy (non-hydrogen) atoms. The van der Waals surface area contributed by atoms with E-state index >= 15 is 0 Å². The van der Waals surface area contributed by atoms with E-state index in [1.165, 1.54) is 37.5 Å². The molecule has 0 saturated heterocycles. The molecule has 1 unspecified atom stereocenters. The third-order valence-electron chi connectivity index (χ3n) is 8.93. The van der Waals surface area contributed by atoms with Crippen molar-refractivity contribution in [3.05, 3.63) is 11.8 Å². The molecule has 0 radical (unpaired) electrons. The van der Waals surface area contributed by atoms with Gasteiger partial charge in [0.15, 0.2) is 0 Å². The van der Waals surface area contributed by atoms with Gasteiger partial charge in [-0.25, -0.2) is 0 Å². The maximum atomic E-state index is 12.0. The van der Waals surface area contributed by atoms with Gasteiger partial charge in [-0.2, -0.15) is 0 Å². The van der Waals surface area contributed by atoms with E-state index < -0.39 is 0 Å². The third-order valence-corrected chi connectivity index (χ3v) is 8.93. The smallest absolute Gasteiger partial charge is 0.133 e. The standard InChI is InChI=1S/C21H32O2/c1-13-10-14(12-22)19-17-5-4-15-11-16(23)6-8-21(15,3)18(17)7-9-20(13,19)2/h12-13,15,17-19,22H,4-11H2,1-3H3/t13?,15-,17+,18-,19-,20+,21-/m0/s1. The van der Waals surface area contributed by atoms with Crippen LogP contribution in [0.3, 0.4) is 0 Å². The number of aliphatic hydroxyl groups is 1. The lowest BCUT2D eigenvalue weighted by Crippen LogP contribution is -2.53. The highest BCUT2D eigenvalue weighted by Gasteiger charge is 2.60. The van der Waals surface area contributed by atoms with Crippen LogP contribution in [0.15, 0.2) is 11.8 Å². The van der Waals surface area contributed by atoms with Crippen molar-refractivity contribution in [2.24, 2.45) is 40.4 Å². The van der Waals surface area contributed by atoms with Gasteiger partial charge in [0.05, 0.1) is 6.26 Å². The van der Waals surface area contributed by atoms with E-state index in [9.17, 15) is 9.90 Å². The largest absolute Gasteiger partial charge is 0.516 e. The van der Waals surface area contributed by atoms with Gasteiger partial charge in [-0.15, -0.1) is 0 Å². The molecule has 2 heteroatoms. The summed E-state index contributed by atoms with van der Waals surface area (Å²) in [5.41, 5.74) is 2.07. The average Bonchev–Trinajstić information content (AvgIpc) is 2.79. The summed E-state index contributed by atoms with van der Waals surface area (Å²) in [7, 11) is 0. The van der Waals surface area contributed by atoms with Crippen molar-refractivity contribution >= 4 is 5.78 Å². The molecule has 2 nitrogen and oxygen atoms in total. The summed E-state index contributed by atoms with van der Waals surface area (Å²) in [6.45, 7) is 7.36. The van der Waals surface area contributed by atoms with Crippen LogP contribution in [0.2, 0.25) is 0 Å². The second-order valence-electron chi connectivity index (χ2n) is 9.62. The summed E-state index contributed by atoms with van der Waals surface area (Å²) >= 11 is 0. The van der Waals surface area contributed by atoms with Crippen molar-refractivity contribution in [1.82, 2.24) is 0 Å². The second-order valence-corrected chi connectivity index (χ2v) is 9.62. The van der Waals surface area contributed by atoms with Crippen molar-refractivity contribution in [3.8, 4) is 0 Å². The number of Topliss-reactive ketones (excluding diaryl/α,β-unsaturated/α-hetero) is 1. The molecule has 4 rings (SSSR count). The number of rotatable bonds is 0. The molecular formula is C21H32O2. The Morgan fingerprint density at radius 3 is 2.61 bits per heavy atom. The minimum Gasteiger partial charge on any atom is -0.516 e. The molecule has 4 fully saturated rings. The summed E-state index contributed by atoms with van der Waals surface area (Å²) in [4.78, 5) is 12.0. The molecule has 4 aliphatic rings. The van der Waals surface area contributed by atoms with Crippen molar-refractivity contribution in [1.29, 1.82) is 0 Å². The zero-order valence-electron chi connectivity index (χ0n) is 15.0. The Hall–Kier alpha value is -0.790. The van der Waals surface area contributed by atoms with E-state index in [-0.39, 0.29) is 0 Å². The van der Waals surface area contributed by atoms with Gasteiger partial charge in [-0.05, 0) is 84.5 Å². The fraction of sp³-hybridized carbons (Fsp3) is 0.857. The van der Waals surface area contributed by atoms with Crippen LogP contribution in [0.5, 0.6) is 0 Å². The average molecular weight is 316 g/mol. The van der Waals surface area contributed by atoms with Gasteiger partial charge < -0.3 is 5.11 Å². The van der Waals surface area contributed by atoms with Gasteiger partial charge in [0.2, 0.25) is 0 Å². The van der Waals surface area contributed by atoms with Gasteiger partial charge in [-0.3, -0.25) is 4.79 Å². The maximum absolute atomic E-state index is 12.0. The number of hydrogen-bond acceptors (Lipinski definition) is 2. The summed E-state index contributed by atoms with van der Waals surface area (Å²) in [6.07, 6.45) is 10.4. The van der Waals surface area contributed by atoms with Crippen LogP contribution in [-0.2, 0) is 4.79 Å². The lowest BCUT2D eigenvalue weighted by atomic mass is 9.44. The van der Waals surface area contributed by atoms with Crippen molar-refractivity contribution in [2.75, 3.05) is 0 Å². The molecule has 0 aliphatic heterocycles. The van der Waals surface area contributed by atoms with Crippen LogP contribution in [0.4, 0.5) is 0 Å². The summed E-state index contributed by atoms with van der Waals surface area (Å²) in [6, 6.07) is 0. The Morgan fingerprint density at radius 2 is 1.87 bits per heavy atom. The lowest BCUT2D eigenvalue weighted by molar-refractivity contribution is -0.137. The van der Waals surface area contributed by atoms with Crippen molar-refractivity contribution in [3.63, 3.8) is 0 Å². The first-order chi connectivity index (χ1) is 10.9. The normalized spacial score (nSPS) is 54.5. The minimum atomic E-state index is 0.366. The molecule has 0 heterocycles. The number of hydrogen-bond donors (Lipinski definition) is 1. The highest BCUT2D eigenvalue weighted by molar-refractivity contribution is 5.79. The fourth-order valence-electron chi connectivity index (χ4n) is 7.38. The molecular weight excluding hydrogens is 284 g/mol. The number of aliphatic hydroxyl groups excluding tert-OH is 1. The molecule has 4 aliphatic carbocycles. The molecule has 0 bridgehead atoms. The van der Waals surface area contributed by atoms with Gasteiger partial charge in [0.25, 0.3) is 0 Å². The van der Waals surface area contributed by atoms with Crippen LogP contribution < -0.4 is 0 Å². The Balaban J connectivity index is 1.69. The summed E-state index contributed by atoms with van der Waals surface area (Å²) in [5, 5.41) is 9.85. The Kier molecular flexibility index (Phi) is 3.49. The van der Waals surface area contributed by atoms with Crippen molar-refractivity contribution < 1.29 is 9.90 Å². The van der Waals surface area contributed by atoms with Gasteiger partial charge in [0, 0.05) is 12.8 Å². The number of carbonyl (C=O) groups excluding carboxylic acids is 1. The van der Waals surface area contributed by atoms with E-state index in [2.05, 4.69) is 20.8 Å². The quantitative estimate of drug-likeness (QED) is 0.617. The SMILES string of the molecule is CC1CC(=CO)[C@H]2[C@@H]3CC[C@H]4CC(=O)CC[C@]4(C)[C@H]3CC[C@]12C. The van der Waals surface area contributed by atoms with Gasteiger partial charge >= 0.3 is 0 Å². The van der Waals surface area contributed by atoms with E-state index in [0.29, 0.717) is 34.4 Å². The highest BCUT2D eigenvalue weighted by atomic mass is 16.2. The zero-order valence-corrected chi connectivity index (χ0v) is 15.0. The van der Waals surface area contributed by atoms with Crippen LogP contribution >= 0.6 is 0 Å². The summed E-state index contributed by atoms with van der Waals surface area (Å²) < 4.78 is 0. The zero-order chi connectivity index (χ0) is 16.4. The monoisotopic (exact) mass is 316 g/mol. The van der Waals surface area contributed by atoms with Gasteiger partial charge in [0.1, 0.15) is 5.78 Å². The number of fused-ring (bicyclic) bond motifs is 5. The fourth-order valence-corrected chi connectivity index (χ4v) is 7.38. The number of ketones is 1. The number of allylic oxidation sites excluding steroid dienone is 1. The van der Waals surface area contributed by atoms with Crippen molar-refractivity contribution in [2.45, 2.75) is 72.1 Å². The predicted octanol–water partition coefficient (Wildman–Crippen LogP) is 5.29. The van der Waals surface area contributed by atoms with Crippen LogP contribution in [0.1, 0.15) is 72.1 Å². The van der Waals surface area contributed by atoms with E-state index in [4.69, 9.17) is 0 Å². The van der Waals surface area contributed by atoms with Crippen LogP contribution in [0.25, 0.3) is 0 Å². The third kappa shape index (κ3) is 2.02. The molecule has 0 aromatic carbocycles. The molecule has 128 valence electrons. The van der Waals surface area contributed by atoms with Gasteiger partial charge in [-0.1, -0.05) is 20.8 Å². The maximum Gasteiger partial charge on any atom is 0.133 e. The Bertz CT molecular complexity index is 550. The molecule has 0 spiro atoms. The van der Waals surface area contributed by atoms with Crippen LogP contribution in [0, 0.1) is 40.4 Å². The molecule has 0 amide bonds. The number of carbonyl (C=O) groups is 1. The minimum absolute atomic E-state index is 0.366. The molecule has 7 atom stereocenters.